The number of piperidine rings is 1. The van der Waals surface area contributed by atoms with Gasteiger partial charge in [-0.15, -0.1) is 0 Å². The van der Waals surface area contributed by atoms with Crippen molar-refractivity contribution in [2.75, 3.05) is 25.0 Å². The van der Waals surface area contributed by atoms with Crippen molar-refractivity contribution in [1.29, 1.82) is 0 Å². The van der Waals surface area contributed by atoms with Crippen LogP contribution in [0.2, 0.25) is 0 Å². The number of rotatable bonds is 3. The van der Waals surface area contributed by atoms with E-state index in [1.54, 1.807) is 24.1 Å². The maximum atomic E-state index is 12.9. The lowest BCUT2D eigenvalue weighted by Crippen LogP contribution is -2.51. The third-order valence-electron chi connectivity index (χ3n) is 5.30. The first-order valence-electron chi connectivity index (χ1n) is 10.2. The molecule has 2 aliphatic heterocycles. The van der Waals surface area contributed by atoms with Gasteiger partial charge in [0.1, 0.15) is 11.4 Å². The monoisotopic (exact) mass is 415 g/mol. The predicted molar refractivity (Wildman–Crippen MR) is 112 cm³/mol. The van der Waals surface area contributed by atoms with Crippen molar-refractivity contribution in [3.8, 4) is 0 Å². The minimum Gasteiger partial charge on any atom is -0.463 e. The number of aromatic nitrogens is 1. The highest BCUT2D eigenvalue weighted by molar-refractivity contribution is 5.98. The summed E-state index contributed by atoms with van der Waals surface area (Å²) in [6.45, 7) is 8.51. The number of pyridine rings is 1. The minimum atomic E-state index is -0.573. The van der Waals surface area contributed by atoms with E-state index in [-0.39, 0.29) is 12.0 Å². The third-order valence-corrected chi connectivity index (χ3v) is 5.30. The molecule has 2 amide bonds. The summed E-state index contributed by atoms with van der Waals surface area (Å²) < 4.78 is 10.3. The average molecular weight is 415 g/mol. The van der Waals surface area contributed by atoms with Crippen molar-refractivity contribution in [2.45, 2.75) is 52.6 Å². The molecule has 1 spiro atoms. The second-order valence-electron chi connectivity index (χ2n) is 8.74. The molecule has 1 aromatic heterocycles. The lowest BCUT2D eigenvalue weighted by atomic mass is 9.71. The molecule has 0 aromatic carbocycles. The predicted octanol–water partition coefficient (Wildman–Crippen LogP) is 3.17. The van der Waals surface area contributed by atoms with E-state index in [0.29, 0.717) is 44.8 Å². The van der Waals surface area contributed by atoms with Gasteiger partial charge in [0.2, 0.25) is 5.91 Å². The van der Waals surface area contributed by atoms with Crippen LogP contribution >= 0.6 is 0 Å². The van der Waals surface area contributed by atoms with Crippen molar-refractivity contribution in [3.63, 3.8) is 0 Å². The normalized spacial score (nSPS) is 18.1. The van der Waals surface area contributed by atoms with Gasteiger partial charge < -0.3 is 19.7 Å². The molecule has 0 aliphatic carbocycles. The summed E-state index contributed by atoms with van der Waals surface area (Å²) in [7, 11) is 0. The summed E-state index contributed by atoms with van der Waals surface area (Å²) in [6, 6.07) is 1.93. The van der Waals surface area contributed by atoms with Crippen LogP contribution in [0, 0.1) is 5.41 Å². The van der Waals surface area contributed by atoms with Gasteiger partial charge in [0, 0.05) is 25.4 Å². The number of esters is 1. The van der Waals surface area contributed by atoms with Gasteiger partial charge in [-0.3, -0.25) is 4.79 Å². The zero-order chi connectivity index (χ0) is 21.9. The quantitative estimate of drug-likeness (QED) is 0.602. The molecular formula is C22H29N3O5. The van der Waals surface area contributed by atoms with Gasteiger partial charge in [0.15, 0.2) is 0 Å². The first kappa shape index (κ1) is 21.8. The molecule has 0 unspecified atom stereocenters. The Hall–Kier alpha value is -2.90. The lowest BCUT2D eigenvalue weighted by Gasteiger charge is -2.43. The molecule has 162 valence electrons. The summed E-state index contributed by atoms with van der Waals surface area (Å²) >= 11 is 0. The molecule has 0 bridgehead atoms. The molecule has 1 fully saturated rings. The van der Waals surface area contributed by atoms with E-state index in [1.165, 1.54) is 6.08 Å². The van der Waals surface area contributed by atoms with Crippen LogP contribution in [0.4, 0.5) is 10.6 Å². The van der Waals surface area contributed by atoms with Crippen LogP contribution in [0.15, 0.2) is 18.3 Å². The Bertz CT molecular complexity index is 864. The van der Waals surface area contributed by atoms with Gasteiger partial charge in [0.25, 0.3) is 0 Å². The number of fused-ring (bicyclic) bond motifs is 1. The van der Waals surface area contributed by atoms with E-state index in [4.69, 9.17) is 9.47 Å². The van der Waals surface area contributed by atoms with Crippen LogP contribution in [0.5, 0.6) is 0 Å². The lowest BCUT2D eigenvalue weighted by molar-refractivity contribution is -0.137. The minimum absolute atomic E-state index is 0.0545. The van der Waals surface area contributed by atoms with E-state index in [1.807, 2.05) is 26.8 Å². The molecular weight excluding hydrogens is 386 g/mol. The molecule has 3 rings (SSSR count). The van der Waals surface area contributed by atoms with Gasteiger partial charge in [-0.05, 0) is 70.2 Å². The number of amides is 2. The van der Waals surface area contributed by atoms with Gasteiger partial charge in [-0.1, -0.05) is 0 Å². The van der Waals surface area contributed by atoms with Crippen molar-refractivity contribution in [2.24, 2.45) is 5.41 Å². The number of ether oxygens (including phenoxy) is 2. The second kappa shape index (κ2) is 8.45. The van der Waals surface area contributed by atoms with Crippen molar-refractivity contribution >= 4 is 29.9 Å². The number of nitrogens with zero attached hydrogens (tertiary/aromatic N) is 2. The maximum absolute atomic E-state index is 12.9. The van der Waals surface area contributed by atoms with Gasteiger partial charge >= 0.3 is 12.1 Å². The largest absolute Gasteiger partial charge is 0.463 e. The number of carbonyl (C=O) groups is 3. The topological polar surface area (TPSA) is 97.8 Å². The summed E-state index contributed by atoms with van der Waals surface area (Å²) in [6.07, 6.45) is 5.94. The van der Waals surface area contributed by atoms with E-state index >= 15 is 0 Å². The SMILES string of the molecule is CCOC(=O)C=Cc1cnc2c(c1)CC1(CCN(C(=O)OC(C)(C)C)CC1)C(=O)N2. The highest BCUT2D eigenvalue weighted by Crippen LogP contribution is 2.41. The van der Waals surface area contributed by atoms with E-state index in [9.17, 15) is 14.4 Å². The van der Waals surface area contributed by atoms with E-state index < -0.39 is 17.0 Å². The number of hydrogen-bond acceptors (Lipinski definition) is 6. The fourth-order valence-electron chi connectivity index (χ4n) is 3.75. The molecule has 0 saturated carbocycles. The third kappa shape index (κ3) is 4.98. The van der Waals surface area contributed by atoms with Gasteiger partial charge in [-0.2, -0.15) is 0 Å². The van der Waals surface area contributed by atoms with Crippen LogP contribution in [-0.4, -0.2) is 53.2 Å². The van der Waals surface area contributed by atoms with Crippen LogP contribution in [0.1, 0.15) is 51.7 Å². The van der Waals surface area contributed by atoms with Gasteiger partial charge in [0.05, 0.1) is 12.0 Å². The maximum Gasteiger partial charge on any atom is 0.410 e. The number of carbonyl (C=O) groups excluding carboxylic acids is 3. The fourth-order valence-corrected chi connectivity index (χ4v) is 3.75. The van der Waals surface area contributed by atoms with Crippen LogP contribution in [0.25, 0.3) is 6.08 Å². The number of anilines is 1. The number of hydrogen-bond donors (Lipinski definition) is 1. The fraction of sp³-hybridized carbons (Fsp3) is 0.545. The van der Waals surface area contributed by atoms with Crippen molar-refractivity contribution in [3.05, 3.63) is 29.5 Å². The van der Waals surface area contributed by atoms with Crippen molar-refractivity contribution < 1.29 is 23.9 Å². The molecule has 0 atom stereocenters. The molecule has 0 radical (unpaired) electrons. The Morgan fingerprint density at radius 2 is 2.00 bits per heavy atom. The molecule has 1 saturated heterocycles. The summed E-state index contributed by atoms with van der Waals surface area (Å²) in [5, 5.41) is 2.91. The Labute approximate surface area is 176 Å². The molecule has 1 aromatic rings. The number of nitrogens with one attached hydrogen (secondary N) is 1. The average Bonchev–Trinajstić information content (AvgIpc) is 2.67. The Kier molecular flexibility index (Phi) is 6.14. The number of likely N-dealkylation sites (tertiary alicyclic amines) is 1. The second-order valence-corrected chi connectivity index (χ2v) is 8.74. The zero-order valence-corrected chi connectivity index (χ0v) is 18.0. The highest BCUT2D eigenvalue weighted by Gasteiger charge is 2.46. The standard InChI is InChI=1S/C22H29N3O5/c1-5-29-17(26)7-6-15-12-16-13-22(19(27)24-18(16)23-14-15)8-10-25(11-9-22)20(28)30-21(2,3)4/h6-7,12,14H,5,8-11,13H2,1-4H3,(H,23,24,27). The molecule has 3 heterocycles. The molecule has 2 aliphatic rings. The summed E-state index contributed by atoms with van der Waals surface area (Å²) in [5.74, 6) is 0.0872. The summed E-state index contributed by atoms with van der Waals surface area (Å²) in [4.78, 5) is 42.7. The summed E-state index contributed by atoms with van der Waals surface area (Å²) in [5.41, 5.74) is 0.564. The van der Waals surface area contributed by atoms with Crippen LogP contribution < -0.4 is 5.32 Å². The molecule has 1 N–H and O–H groups in total. The highest BCUT2D eigenvalue weighted by atomic mass is 16.6. The van der Waals surface area contributed by atoms with Crippen LogP contribution in [0.3, 0.4) is 0 Å². The molecule has 8 heteroatoms. The van der Waals surface area contributed by atoms with Gasteiger partial charge in [-0.25, -0.2) is 14.6 Å². The zero-order valence-electron chi connectivity index (χ0n) is 18.0. The smallest absolute Gasteiger partial charge is 0.410 e. The van der Waals surface area contributed by atoms with Crippen LogP contribution in [-0.2, 0) is 25.5 Å². The Balaban J connectivity index is 1.70. The molecule has 30 heavy (non-hydrogen) atoms. The first-order chi connectivity index (χ1) is 14.1. The Morgan fingerprint density at radius 1 is 1.30 bits per heavy atom. The van der Waals surface area contributed by atoms with E-state index in [0.717, 1.165) is 11.1 Å². The first-order valence-corrected chi connectivity index (χ1v) is 10.2. The van der Waals surface area contributed by atoms with Crippen molar-refractivity contribution in [1.82, 2.24) is 9.88 Å². The Morgan fingerprint density at radius 3 is 2.63 bits per heavy atom. The molecule has 8 nitrogen and oxygen atoms in total. The van der Waals surface area contributed by atoms with E-state index in [2.05, 4.69) is 10.3 Å².